The van der Waals surface area contributed by atoms with Gasteiger partial charge in [0.1, 0.15) is 5.56 Å². The third kappa shape index (κ3) is 5.03. The molecule has 0 saturated heterocycles. The van der Waals surface area contributed by atoms with Crippen molar-refractivity contribution in [2.45, 2.75) is 13.8 Å². The molecule has 0 saturated carbocycles. The number of nitro benzene ring substituents is 1. The van der Waals surface area contributed by atoms with Crippen molar-refractivity contribution < 1.29 is 14.5 Å². The van der Waals surface area contributed by atoms with Crippen LogP contribution in [0.25, 0.3) is 0 Å². The van der Waals surface area contributed by atoms with Crippen LogP contribution in [0.4, 0.5) is 11.4 Å². The predicted octanol–water partition coefficient (Wildman–Crippen LogP) is 2.04. The molecule has 7 nitrogen and oxygen atoms in total. The number of carbonyl (C=O) groups is 1. The minimum absolute atomic E-state index is 0.0584. The van der Waals surface area contributed by atoms with Crippen molar-refractivity contribution in [3.63, 3.8) is 0 Å². The van der Waals surface area contributed by atoms with Gasteiger partial charge in [0.25, 0.3) is 11.6 Å². The molecule has 1 unspecified atom stereocenters. The second-order valence-corrected chi connectivity index (χ2v) is 4.79. The molecule has 0 heterocycles. The maximum Gasteiger partial charge on any atom is 0.282 e. The van der Waals surface area contributed by atoms with Gasteiger partial charge in [0, 0.05) is 32.0 Å². The van der Waals surface area contributed by atoms with Gasteiger partial charge in [0.05, 0.1) is 11.5 Å². The Bertz CT molecular complexity index is 505. The highest BCUT2D eigenvalue weighted by atomic mass is 16.6. The first-order chi connectivity index (χ1) is 9.99. The van der Waals surface area contributed by atoms with E-state index in [2.05, 4.69) is 10.6 Å². The molecule has 1 amide bonds. The van der Waals surface area contributed by atoms with E-state index in [1.807, 2.05) is 13.8 Å². The number of nitrogens with one attached hydrogen (secondary N) is 2. The molecule has 0 bridgehead atoms. The second-order valence-electron chi connectivity index (χ2n) is 4.79. The quantitative estimate of drug-likeness (QED) is 0.565. The number of nitrogens with zero attached hydrogens (tertiary/aromatic N) is 1. The molecule has 0 aliphatic heterocycles. The lowest BCUT2D eigenvalue weighted by Gasteiger charge is -2.12. The Labute approximate surface area is 123 Å². The van der Waals surface area contributed by atoms with Crippen LogP contribution in [0, 0.1) is 16.0 Å². The lowest BCUT2D eigenvalue weighted by molar-refractivity contribution is -0.385. The van der Waals surface area contributed by atoms with Gasteiger partial charge in [0.15, 0.2) is 0 Å². The van der Waals surface area contributed by atoms with Crippen LogP contribution in [0.5, 0.6) is 0 Å². The van der Waals surface area contributed by atoms with Gasteiger partial charge in [0.2, 0.25) is 0 Å². The zero-order chi connectivity index (χ0) is 15.8. The van der Waals surface area contributed by atoms with Crippen molar-refractivity contribution >= 4 is 17.3 Å². The van der Waals surface area contributed by atoms with E-state index in [4.69, 9.17) is 4.74 Å². The molecular formula is C14H21N3O4. The Hall–Kier alpha value is -2.15. The normalized spacial score (nSPS) is 11.8. The average molecular weight is 295 g/mol. The molecule has 1 atom stereocenters. The first-order valence-corrected chi connectivity index (χ1v) is 6.79. The molecular weight excluding hydrogens is 274 g/mol. The number of hydrogen-bond donors (Lipinski definition) is 2. The fraction of sp³-hybridized carbons (Fsp3) is 0.500. The second kappa shape index (κ2) is 8.21. The van der Waals surface area contributed by atoms with E-state index < -0.39 is 10.8 Å². The van der Waals surface area contributed by atoms with Gasteiger partial charge < -0.3 is 15.4 Å². The molecule has 0 radical (unpaired) electrons. The zero-order valence-corrected chi connectivity index (χ0v) is 12.5. The van der Waals surface area contributed by atoms with Crippen LogP contribution >= 0.6 is 0 Å². The Balaban J connectivity index is 2.89. The first-order valence-electron chi connectivity index (χ1n) is 6.79. The van der Waals surface area contributed by atoms with Crippen LogP contribution in [0.15, 0.2) is 18.2 Å². The van der Waals surface area contributed by atoms with Crippen LogP contribution < -0.4 is 10.6 Å². The Morgan fingerprint density at radius 3 is 2.76 bits per heavy atom. The summed E-state index contributed by atoms with van der Waals surface area (Å²) in [5.41, 5.74) is 0.537. The van der Waals surface area contributed by atoms with E-state index in [-0.39, 0.29) is 17.2 Å². The molecule has 2 N–H and O–H groups in total. The number of ether oxygens (including phenoxy) is 1. The number of nitro groups is 1. The fourth-order valence-corrected chi connectivity index (χ4v) is 1.90. The molecule has 7 heteroatoms. The van der Waals surface area contributed by atoms with Crippen LogP contribution in [0.2, 0.25) is 0 Å². The largest absolute Gasteiger partial charge is 0.385 e. The van der Waals surface area contributed by atoms with Crippen molar-refractivity contribution in [2.24, 2.45) is 5.92 Å². The van der Waals surface area contributed by atoms with Gasteiger partial charge in [-0.3, -0.25) is 14.9 Å². The van der Waals surface area contributed by atoms with E-state index in [9.17, 15) is 14.9 Å². The molecule has 0 spiro atoms. The number of benzene rings is 1. The highest BCUT2D eigenvalue weighted by Crippen LogP contribution is 2.22. The minimum Gasteiger partial charge on any atom is -0.385 e. The number of rotatable bonds is 8. The summed E-state index contributed by atoms with van der Waals surface area (Å²) in [6.07, 6.45) is 0. The molecule has 1 aromatic carbocycles. The smallest absolute Gasteiger partial charge is 0.282 e. The maximum atomic E-state index is 12.2. The average Bonchev–Trinajstić information content (AvgIpc) is 2.45. The summed E-state index contributed by atoms with van der Waals surface area (Å²) in [7, 11) is 1.59. The van der Waals surface area contributed by atoms with Crippen molar-refractivity contribution in [1.82, 2.24) is 5.32 Å². The SMILES string of the molecule is CCNc1ccc([N+](=O)[O-])c(C(=O)NCC(C)COC)c1. The van der Waals surface area contributed by atoms with Crippen LogP contribution in [0.3, 0.4) is 0 Å². The summed E-state index contributed by atoms with van der Waals surface area (Å²) in [6.45, 7) is 5.42. The van der Waals surface area contributed by atoms with Crippen molar-refractivity contribution in [1.29, 1.82) is 0 Å². The third-order valence-corrected chi connectivity index (χ3v) is 2.88. The Morgan fingerprint density at radius 2 is 2.19 bits per heavy atom. The van der Waals surface area contributed by atoms with Crippen molar-refractivity contribution in [3.8, 4) is 0 Å². The fourth-order valence-electron chi connectivity index (χ4n) is 1.90. The first kappa shape index (κ1) is 16.9. The van der Waals surface area contributed by atoms with Crippen LogP contribution in [-0.4, -0.2) is 37.6 Å². The Morgan fingerprint density at radius 1 is 1.48 bits per heavy atom. The van der Waals surface area contributed by atoms with Crippen molar-refractivity contribution in [3.05, 3.63) is 33.9 Å². The summed E-state index contributed by atoms with van der Waals surface area (Å²) in [4.78, 5) is 22.6. The molecule has 0 fully saturated rings. The monoisotopic (exact) mass is 295 g/mol. The molecule has 1 rings (SSSR count). The van der Waals surface area contributed by atoms with Gasteiger partial charge in [-0.2, -0.15) is 0 Å². The van der Waals surface area contributed by atoms with Gasteiger partial charge in [-0.15, -0.1) is 0 Å². The number of amides is 1. The van der Waals surface area contributed by atoms with Gasteiger partial charge in [-0.1, -0.05) is 6.92 Å². The van der Waals surface area contributed by atoms with Crippen LogP contribution in [0.1, 0.15) is 24.2 Å². The van der Waals surface area contributed by atoms with E-state index in [1.165, 1.54) is 12.1 Å². The van der Waals surface area contributed by atoms with Crippen LogP contribution in [-0.2, 0) is 4.74 Å². The highest BCUT2D eigenvalue weighted by molar-refractivity contribution is 5.99. The van der Waals surface area contributed by atoms with Gasteiger partial charge in [-0.05, 0) is 25.0 Å². The predicted molar refractivity (Wildman–Crippen MR) is 80.6 cm³/mol. The van der Waals surface area contributed by atoms with E-state index in [0.29, 0.717) is 25.4 Å². The molecule has 0 aromatic heterocycles. The number of hydrogen-bond acceptors (Lipinski definition) is 5. The molecule has 21 heavy (non-hydrogen) atoms. The number of carbonyl (C=O) groups excluding carboxylic acids is 1. The third-order valence-electron chi connectivity index (χ3n) is 2.88. The molecule has 0 aliphatic rings. The summed E-state index contributed by atoms with van der Waals surface area (Å²) in [5, 5.41) is 16.7. The highest BCUT2D eigenvalue weighted by Gasteiger charge is 2.20. The van der Waals surface area contributed by atoms with E-state index in [1.54, 1.807) is 13.2 Å². The molecule has 116 valence electrons. The van der Waals surface area contributed by atoms with Crippen molar-refractivity contribution in [2.75, 3.05) is 32.1 Å². The zero-order valence-electron chi connectivity index (χ0n) is 12.5. The number of methoxy groups -OCH3 is 1. The van der Waals surface area contributed by atoms with E-state index >= 15 is 0 Å². The summed E-state index contributed by atoms with van der Waals surface area (Å²) < 4.78 is 4.99. The standard InChI is InChI=1S/C14H21N3O4/c1-4-15-11-5-6-13(17(19)20)12(7-11)14(18)16-8-10(2)9-21-3/h5-7,10,15H,4,8-9H2,1-3H3,(H,16,18). The molecule has 1 aromatic rings. The topological polar surface area (TPSA) is 93.5 Å². The number of anilines is 1. The summed E-state index contributed by atoms with van der Waals surface area (Å²) >= 11 is 0. The Kier molecular flexibility index (Phi) is 6.61. The van der Waals surface area contributed by atoms with Gasteiger partial charge in [-0.25, -0.2) is 0 Å². The van der Waals surface area contributed by atoms with E-state index in [0.717, 1.165) is 0 Å². The molecule has 0 aliphatic carbocycles. The minimum atomic E-state index is -0.552. The lowest BCUT2D eigenvalue weighted by atomic mass is 10.1. The lowest BCUT2D eigenvalue weighted by Crippen LogP contribution is -2.30. The van der Waals surface area contributed by atoms with Gasteiger partial charge >= 0.3 is 0 Å². The maximum absolute atomic E-state index is 12.2. The summed E-state index contributed by atoms with van der Waals surface area (Å²) in [6, 6.07) is 4.43. The summed E-state index contributed by atoms with van der Waals surface area (Å²) in [5.74, 6) is -0.320.